The minimum Gasteiger partial charge on any atom is -0.507 e. The molecule has 6 nitrogen and oxygen atoms in total. The van der Waals surface area contributed by atoms with Crippen molar-refractivity contribution >= 4 is 34.0 Å². The number of quaternary nitrogens is 1. The number of hydrogen-bond donors (Lipinski definition) is 2. The van der Waals surface area contributed by atoms with E-state index < -0.39 is 5.97 Å². The first kappa shape index (κ1) is 19.4. The number of methoxy groups -OCH3 is 1. The number of aromatic hydroxyl groups is 1. The van der Waals surface area contributed by atoms with Crippen LogP contribution in [0.3, 0.4) is 0 Å². The van der Waals surface area contributed by atoms with Crippen molar-refractivity contribution in [2.75, 3.05) is 33.3 Å². The first-order valence-corrected chi connectivity index (χ1v) is 10.4. The zero-order valence-corrected chi connectivity index (χ0v) is 17.0. The van der Waals surface area contributed by atoms with Gasteiger partial charge in [-0.2, -0.15) is 0 Å². The minimum atomic E-state index is -0.545. The molecule has 3 aromatic rings. The molecule has 29 heavy (non-hydrogen) atoms. The van der Waals surface area contributed by atoms with Gasteiger partial charge in [-0.3, -0.25) is 4.79 Å². The van der Waals surface area contributed by atoms with E-state index in [1.54, 1.807) is 6.07 Å². The number of benzene rings is 2. The number of rotatable bonds is 4. The molecule has 1 aliphatic rings. The van der Waals surface area contributed by atoms with Crippen LogP contribution in [0.2, 0.25) is 0 Å². The van der Waals surface area contributed by atoms with Crippen molar-refractivity contribution in [2.45, 2.75) is 6.54 Å². The van der Waals surface area contributed by atoms with Crippen LogP contribution >= 0.6 is 11.3 Å². The molecule has 0 radical (unpaired) electrons. The van der Waals surface area contributed by atoms with E-state index in [9.17, 15) is 14.7 Å². The average molecular weight is 412 g/mol. The fraction of sp³-hybridized carbons (Fsp3) is 0.273. The van der Waals surface area contributed by atoms with Gasteiger partial charge >= 0.3 is 5.97 Å². The van der Waals surface area contributed by atoms with Crippen LogP contribution in [0, 0.1) is 0 Å². The van der Waals surface area contributed by atoms with E-state index in [2.05, 4.69) is 0 Å². The number of phenolic OH excluding ortho intramolecular Hbond substituents is 1. The van der Waals surface area contributed by atoms with Gasteiger partial charge < -0.3 is 19.6 Å². The Morgan fingerprint density at radius 3 is 2.62 bits per heavy atom. The molecular weight excluding hydrogens is 388 g/mol. The summed E-state index contributed by atoms with van der Waals surface area (Å²) in [5, 5.41) is 14.5. The maximum absolute atomic E-state index is 12.5. The van der Waals surface area contributed by atoms with Gasteiger partial charge in [0.2, 0.25) is 0 Å². The smallest absolute Gasteiger partial charge is 0.341 e. The Kier molecular flexibility index (Phi) is 5.51. The summed E-state index contributed by atoms with van der Waals surface area (Å²) in [4.78, 5) is 28.6. The maximum Gasteiger partial charge on any atom is 0.341 e. The molecule has 1 amide bonds. The van der Waals surface area contributed by atoms with E-state index in [4.69, 9.17) is 4.74 Å². The molecule has 1 aromatic heterocycles. The molecule has 2 heterocycles. The van der Waals surface area contributed by atoms with Gasteiger partial charge in [-0.05, 0) is 28.3 Å². The standard InChI is InChI=1S/C22H22N2O4S/c1-28-22(27)17-13-15-5-2-3-6-16(15)18(20(17)25)14-23-8-10-24(11-9-23)21(26)19-7-4-12-29-19/h2-7,12-13,25H,8-11,14H2,1H3/p+1. The highest BCUT2D eigenvalue weighted by Gasteiger charge is 2.27. The number of amides is 1. The summed E-state index contributed by atoms with van der Waals surface area (Å²) >= 11 is 1.46. The molecule has 0 atom stereocenters. The highest BCUT2D eigenvalue weighted by molar-refractivity contribution is 7.12. The zero-order chi connectivity index (χ0) is 20.4. The number of esters is 1. The number of phenols is 1. The highest BCUT2D eigenvalue weighted by Crippen LogP contribution is 2.31. The largest absolute Gasteiger partial charge is 0.507 e. The Morgan fingerprint density at radius 2 is 1.93 bits per heavy atom. The highest BCUT2D eigenvalue weighted by atomic mass is 32.1. The van der Waals surface area contributed by atoms with Crippen molar-refractivity contribution in [1.82, 2.24) is 4.90 Å². The van der Waals surface area contributed by atoms with E-state index in [1.807, 2.05) is 46.7 Å². The van der Waals surface area contributed by atoms with Gasteiger partial charge in [-0.1, -0.05) is 30.3 Å². The van der Waals surface area contributed by atoms with Crippen LogP contribution in [-0.2, 0) is 11.3 Å². The zero-order valence-electron chi connectivity index (χ0n) is 16.2. The number of nitrogens with zero attached hydrogens (tertiary/aromatic N) is 1. The molecule has 4 rings (SSSR count). The number of fused-ring (bicyclic) bond motifs is 1. The fourth-order valence-electron chi connectivity index (χ4n) is 3.87. The van der Waals surface area contributed by atoms with Gasteiger partial charge in [0.1, 0.15) is 17.9 Å². The number of piperazine rings is 1. The predicted octanol–water partition coefficient (Wildman–Crippen LogP) is 1.93. The van der Waals surface area contributed by atoms with Crippen molar-refractivity contribution in [1.29, 1.82) is 0 Å². The fourth-order valence-corrected chi connectivity index (χ4v) is 4.56. The molecule has 0 bridgehead atoms. The van der Waals surface area contributed by atoms with Crippen LogP contribution in [0.4, 0.5) is 0 Å². The molecular formula is C22H23N2O4S+. The van der Waals surface area contributed by atoms with Crippen LogP contribution in [0.15, 0.2) is 47.8 Å². The molecule has 2 N–H and O–H groups in total. The van der Waals surface area contributed by atoms with Crippen molar-refractivity contribution < 1.29 is 24.3 Å². The number of carbonyl (C=O) groups excluding carboxylic acids is 2. The Balaban J connectivity index is 1.55. The third-order valence-electron chi connectivity index (χ3n) is 5.45. The van der Waals surface area contributed by atoms with Crippen molar-refractivity contribution in [3.8, 4) is 5.75 Å². The topological polar surface area (TPSA) is 71.3 Å². The van der Waals surface area contributed by atoms with E-state index in [1.165, 1.54) is 23.3 Å². The second-order valence-corrected chi connectivity index (χ2v) is 8.11. The van der Waals surface area contributed by atoms with E-state index in [0.717, 1.165) is 34.3 Å². The SMILES string of the molecule is COC(=O)c1cc2ccccc2c(C[NH+]2CCN(C(=O)c3cccs3)CC2)c1O. The van der Waals surface area contributed by atoms with Gasteiger partial charge in [-0.15, -0.1) is 11.3 Å². The lowest BCUT2D eigenvalue weighted by atomic mass is 9.98. The molecule has 1 saturated heterocycles. The molecule has 0 aliphatic carbocycles. The quantitative estimate of drug-likeness (QED) is 0.644. The summed E-state index contributed by atoms with van der Waals surface area (Å²) in [5.74, 6) is -0.476. The third-order valence-corrected chi connectivity index (χ3v) is 6.31. The monoisotopic (exact) mass is 411 g/mol. The van der Waals surface area contributed by atoms with Crippen LogP contribution < -0.4 is 4.90 Å². The summed E-state index contributed by atoms with van der Waals surface area (Å²) < 4.78 is 4.84. The molecule has 1 fully saturated rings. The van der Waals surface area contributed by atoms with Crippen LogP contribution in [0.1, 0.15) is 25.6 Å². The Morgan fingerprint density at radius 1 is 1.17 bits per heavy atom. The lowest BCUT2D eigenvalue weighted by molar-refractivity contribution is -0.917. The summed E-state index contributed by atoms with van der Waals surface area (Å²) in [7, 11) is 1.31. The Hall–Kier alpha value is -2.90. The molecule has 1 aliphatic heterocycles. The summed E-state index contributed by atoms with van der Waals surface area (Å²) in [5.41, 5.74) is 0.934. The minimum absolute atomic E-state index is 0.0138. The lowest BCUT2D eigenvalue weighted by Crippen LogP contribution is -3.13. The molecule has 0 unspecified atom stereocenters. The molecule has 150 valence electrons. The third kappa shape index (κ3) is 3.83. The van der Waals surface area contributed by atoms with Crippen LogP contribution in [-0.4, -0.2) is 55.2 Å². The van der Waals surface area contributed by atoms with Crippen molar-refractivity contribution in [2.24, 2.45) is 0 Å². The summed E-state index contributed by atoms with van der Waals surface area (Å²) in [6, 6.07) is 13.1. The summed E-state index contributed by atoms with van der Waals surface area (Å²) in [6.07, 6.45) is 0. The van der Waals surface area contributed by atoms with E-state index in [0.29, 0.717) is 19.6 Å². The molecule has 0 spiro atoms. The average Bonchev–Trinajstić information content (AvgIpc) is 3.30. The molecule has 0 saturated carbocycles. The Labute approximate surface area is 172 Å². The molecule has 2 aromatic carbocycles. The van der Waals surface area contributed by atoms with Crippen LogP contribution in [0.5, 0.6) is 5.75 Å². The molecule has 7 heteroatoms. The van der Waals surface area contributed by atoms with E-state index >= 15 is 0 Å². The Bertz CT molecular complexity index is 1040. The van der Waals surface area contributed by atoms with Gasteiger partial charge in [0.05, 0.1) is 43.7 Å². The number of thiophene rings is 1. The normalized spacial score (nSPS) is 14.9. The maximum atomic E-state index is 12.5. The van der Waals surface area contributed by atoms with Gasteiger partial charge in [0, 0.05) is 0 Å². The lowest BCUT2D eigenvalue weighted by Gasteiger charge is -2.32. The van der Waals surface area contributed by atoms with Gasteiger partial charge in [0.25, 0.3) is 5.91 Å². The van der Waals surface area contributed by atoms with Gasteiger partial charge in [0.15, 0.2) is 0 Å². The summed E-state index contributed by atoms with van der Waals surface area (Å²) in [6.45, 7) is 3.49. The van der Waals surface area contributed by atoms with E-state index in [-0.39, 0.29) is 17.2 Å². The number of nitrogens with one attached hydrogen (secondary N) is 1. The first-order chi connectivity index (χ1) is 14.1. The van der Waals surface area contributed by atoms with Crippen molar-refractivity contribution in [3.05, 3.63) is 63.8 Å². The van der Waals surface area contributed by atoms with Gasteiger partial charge in [-0.25, -0.2) is 4.79 Å². The predicted molar refractivity (Wildman–Crippen MR) is 112 cm³/mol. The first-order valence-electron chi connectivity index (χ1n) is 9.56. The van der Waals surface area contributed by atoms with Crippen LogP contribution in [0.25, 0.3) is 10.8 Å². The second kappa shape index (κ2) is 8.23. The second-order valence-electron chi connectivity index (χ2n) is 7.16. The number of ether oxygens (including phenoxy) is 1. The number of hydrogen-bond acceptors (Lipinski definition) is 5. The number of carbonyl (C=O) groups is 2. The van der Waals surface area contributed by atoms with Crippen molar-refractivity contribution in [3.63, 3.8) is 0 Å².